The quantitative estimate of drug-likeness (QED) is 0.725. The molecule has 0 saturated carbocycles. The molecule has 0 aliphatic rings. The Morgan fingerprint density at radius 2 is 1.95 bits per heavy atom. The van der Waals surface area contributed by atoms with Crippen molar-refractivity contribution in [1.29, 1.82) is 0 Å². The SMILES string of the molecule is COC(=O)c1ccccc1S(=O)(=O)NCCC(=O)O. The Morgan fingerprint density at radius 1 is 1.32 bits per heavy atom. The highest BCUT2D eigenvalue weighted by Crippen LogP contribution is 2.16. The number of ether oxygens (including phenoxy) is 1. The number of carboxylic acid groups (broad SMARTS) is 1. The van der Waals surface area contributed by atoms with Gasteiger partial charge in [-0.15, -0.1) is 0 Å². The monoisotopic (exact) mass is 287 g/mol. The van der Waals surface area contributed by atoms with Crippen LogP contribution in [0.3, 0.4) is 0 Å². The number of carboxylic acids is 1. The molecule has 7 nitrogen and oxygen atoms in total. The van der Waals surface area contributed by atoms with Crippen LogP contribution in [0, 0.1) is 0 Å². The summed E-state index contributed by atoms with van der Waals surface area (Å²) in [5.41, 5.74) is -0.104. The molecule has 0 aliphatic carbocycles. The van der Waals surface area contributed by atoms with E-state index in [4.69, 9.17) is 5.11 Å². The summed E-state index contributed by atoms with van der Waals surface area (Å²) < 4.78 is 30.5. The van der Waals surface area contributed by atoms with Crippen molar-refractivity contribution in [2.75, 3.05) is 13.7 Å². The normalized spacial score (nSPS) is 11.0. The maximum atomic E-state index is 11.9. The first kappa shape index (κ1) is 15.1. The largest absolute Gasteiger partial charge is 0.481 e. The predicted molar refractivity (Wildman–Crippen MR) is 65.2 cm³/mol. The van der Waals surface area contributed by atoms with Crippen molar-refractivity contribution in [2.24, 2.45) is 0 Å². The molecule has 104 valence electrons. The average molecular weight is 287 g/mol. The second kappa shape index (κ2) is 6.30. The highest BCUT2D eigenvalue weighted by molar-refractivity contribution is 7.89. The highest BCUT2D eigenvalue weighted by Gasteiger charge is 2.22. The van der Waals surface area contributed by atoms with Gasteiger partial charge in [-0.3, -0.25) is 4.79 Å². The third-order valence-electron chi connectivity index (χ3n) is 2.21. The molecule has 0 spiro atoms. The number of sulfonamides is 1. The van der Waals surface area contributed by atoms with Crippen LogP contribution < -0.4 is 4.72 Å². The second-order valence-corrected chi connectivity index (χ2v) is 5.26. The second-order valence-electron chi connectivity index (χ2n) is 3.53. The number of benzene rings is 1. The van der Waals surface area contributed by atoms with Crippen molar-refractivity contribution >= 4 is 22.0 Å². The average Bonchev–Trinajstić information content (AvgIpc) is 2.37. The molecule has 0 atom stereocenters. The lowest BCUT2D eigenvalue weighted by Crippen LogP contribution is -2.27. The summed E-state index contributed by atoms with van der Waals surface area (Å²) in [6, 6.07) is 5.52. The Hall–Kier alpha value is -1.93. The number of aliphatic carboxylic acids is 1. The molecule has 0 amide bonds. The summed E-state index contributed by atoms with van der Waals surface area (Å²) in [5.74, 6) is -1.90. The molecule has 0 unspecified atom stereocenters. The standard InChI is InChI=1S/C11H13NO6S/c1-18-11(15)8-4-2-3-5-9(8)19(16,17)12-7-6-10(13)14/h2-5,12H,6-7H2,1H3,(H,13,14). The molecular weight excluding hydrogens is 274 g/mol. The van der Waals surface area contributed by atoms with E-state index in [0.29, 0.717) is 0 Å². The van der Waals surface area contributed by atoms with Gasteiger partial charge in [-0.05, 0) is 12.1 Å². The van der Waals surface area contributed by atoms with Gasteiger partial charge in [0.2, 0.25) is 10.0 Å². The minimum Gasteiger partial charge on any atom is -0.481 e. The van der Waals surface area contributed by atoms with E-state index in [-0.39, 0.29) is 23.4 Å². The fourth-order valence-corrected chi connectivity index (χ4v) is 2.57. The van der Waals surface area contributed by atoms with E-state index in [9.17, 15) is 18.0 Å². The Bertz CT molecular complexity index is 581. The number of carbonyl (C=O) groups excluding carboxylic acids is 1. The van der Waals surface area contributed by atoms with Gasteiger partial charge in [-0.25, -0.2) is 17.9 Å². The Morgan fingerprint density at radius 3 is 2.53 bits per heavy atom. The summed E-state index contributed by atoms with van der Waals surface area (Å²) >= 11 is 0. The van der Waals surface area contributed by atoms with E-state index in [1.54, 1.807) is 0 Å². The summed E-state index contributed by atoms with van der Waals surface area (Å²) in [4.78, 5) is 21.5. The minimum absolute atomic E-state index is 0.104. The van der Waals surface area contributed by atoms with Crippen LogP contribution in [-0.4, -0.2) is 39.1 Å². The van der Waals surface area contributed by atoms with Gasteiger partial charge < -0.3 is 9.84 Å². The maximum absolute atomic E-state index is 11.9. The molecule has 0 radical (unpaired) electrons. The molecule has 0 aromatic heterocycles. The fraction of sp³-hybridized carbons (Fsp3) is 0.273. The lowest BCUT2D eigenvalue weighted by molar-refractivity contribution is -0.136. The number of carbonyl (C=O) groups is 2. The van der Waals surface area contributed by atoms with Crippen molar-refractivity contribution < 1.29 is 27.9 Å². The predicted octanol–water partition coefficient (Wildman–Crippen LogP) is 0.226. The molecule has 1 aromatic rings. The first-order chi connectivity index (χ1) is 8.88. The zero-order valence-electron chi connectivity index (χ0n) is 10.1. The number of esters is 1. The van der Waals surface area contributed by atoms with Gasteiger partial charge in [-0.2, -0.15) is 0 Å². The van der Waals surface area contributed by atoms with Crippen molar-refractivity contribution in [3.8, 4) is 0 Å². The number of hydrogen-bond acceptors (Lipinski definition) is 5. The smallest absolute Gasteiger partial charge is 0.339 e. The molecule has 0 bridgehead atoms. The van der Waals surface area contributed by atoms with Gasteiger partial charge in [0, 0.05) is 6.54 Å². The third kappa shape index (κ3) is 4.04. The first-order valence-corrected chi connectivity index (χ1v) is 6.75. The summed E-state index contributed by atoms with van der Waals surface area (Å²) in [6.45, 7) is -0.257. The Labute approximate surface area is 110 Å². The van der Waals surface area contributed by atoms with Crippen molar-refractivity contribution in [3.63, 3.8) is 0 Å². The zero-order valence-corrected chi connectivity index (χ0v) is 10.9. The molecule has 0 fully saturated rings. The molecule has 1 rings (SSSR count). The first-order valence-electron chi connectivity index (χ1n) is 5.27. The van der Waals surface area contributed by atoms with E-state index in [1.807, 2.05) is 0 Å². The molecule has 8 heteroatoms. The highest BCUT2D eigenvalue weighted by atomic mass is 32.2. The molecule has 1 aromatic carbocycles. The van der Waals surface area contributed by atoms with Crippen molar-refractivity contribution in [2.45, 2.75) is 11.3 Å². The summed E-state index contributed by atoms with van der Waals surface area (Å²) in [5, 5.41) is 8.45. The Balaban J connectivity index is 3.01. The van der Waals surface area contributed by atoms with Crippen molar-refractivity contribution in [3.05, 3.63) is 29.8 Å². The van der Waals surface area contributed by atoms with Gasteiger partial charge in [0.1, 0.15) is 0 Å². The Kier molecular flexibility index (Phi) is 5.02. The molecule has 0 saturated heterocycles. The molecule has 2 N–H and O–H groups in total. The lowest BCUT2D eigenvalue weighted by atomic mass is 10.2. The molecular formula is C11H13NO6S. The topological polar surface area (TPSA) is 110 Å². The van der Waals surface area contributed by atoms with Crippen LogP contribution >= 0.6 is 0 Å². The molecule has 0 aliphatic heterocycles. The van der Waals surface area contributed by atoms with E-state index >= 15 is 0 Å². The zero-order chi connectivity index (χ0) is 14.5. The van der Waals surface area contributed by atoms with Gasteiger partial charge in [-0.1, -0.05) is 12.1 Å². The number of methoxy groups -OCH3 is 1. The van der Waals surface area contributed by atoms with Crippen molar-refractivity contribution in [1.82, 2.24) is 4.72 Å². The summed E-state index contributed by atoms with van der Waals surface area (Å²) in [6.07, 6.45) is -0.348. The lowest BCUT2D eigenvalue weighted by Gasteiger charge is -2.09. The van der Waals surface area contributed by atoms with Crippen LogP contribution in [0.1, 0.15) is 16.8 Å². The number of rotatable bonds is 6. The van der Waals surface area contributed by atoms with E-state index in [1.165, 1.54) is 24.3 Å². The molecule has 19 heavy (non-hydrogen) atoms. The van der Waals surface area contributed by atoms with Crippen LogP contribution in [-0.2, 0) is 19.6 Å². The van der Waals surface area contributed by atoms with E-state index in [2.05, 4.69) is 9.46 Å². The van der Waals surface area contributed by atoms with Crippen LogP contribution in [0.2, 0.25) is 0 Å². The van der Waals surface area contributed by atoms with E-state index < -0.39 is 22.0 Å². The fourth-order valence-electron chi connectivity index (χ4n) is 1.35. The number of nitrogens with one attached hydrogen (secondary N) is 1. The molecule has 0 heterocycles. The van der Waals surface area contributed by atoms with Gasteiger partial charge in [0.05, 0.1) is 24.0 Å². The van der Waals surface area contributed by atoms with Crippen LogP contribution in [0.15, 0.2) is 29.2 Å². The van der Waals surface area contributed by atoms with Crippen LogP contribution in [0.25, 0.3) is 0 Å². The van der Waals surface area contributed by atoms with Gasteiger partial charge in [0.25, 0.3) is 0 Å². The summed E-state index contributed by atoms with van der Waals surface area (Å²) in [7, 11) is -2.81. The van der Waals surface area contributed by atoms with Gasteiger partial charge in [0.15, 0.2) is 0 Å². The minimum atomic E-state index is -3.96. The third-order valence-corrected chi connectivity index (χ3v) is 3.73. The van der Waals surface area contributed by atoms with Crippen LogP contribution in [0.4, 0.5) is 0 Å². The maximum Gasteiger partial charge on any atom is 0.339 e. The van der Waals surface area contributed by atoms with Gasteiger partial charge >= 0.3 is 11.9 Å². The number of hydrogen-bond donors (Lipinski definition) is 2. The van der Waals surface area contributed by atoms with E-state index in [0.717, 1.165) is 7.11 Å². The van der Waals surface area contributed by atoms with Crippen LogP contribution in [0.5, 0.6) is 0 Å².